The zero-order chi connectivity index (χ0) is 40.3. The number of hydrogen-bond acceptors (Lipinski definition) is 10. The molecule has 0 N–H and O–H groups in total. The zero-order valence-electron chi connectivity index (χ0n) is 30.4. The summed E-state index contributed by atoms with van der Waals surface area (Å²) in [5.41, 5.74) is 4.95. The molecule has 2 fully saturated rings. The third kappa shape index (κ3) is 8.61. The Morgan fingerprint density at radius 1 is 0.509 bits per heavy atom. The molecule has 4 heterocycles. The third-order valence-electron chi connectivity index (χ3n) is 9.53. The molecule has 6 aromatic rings. The van der Waals surface area contributed by atoms with Gasteiger partial charge in [0.05, 0.1) is 11.4 Å². The lowest BCUT2D eigenvalue weighted by molar-refractivity contribution is 0.378. The second kappa shape index (κ2) is 17.0. The Labute approximate surface area is 336 Å². The smallest absolute Gasteiger partial charge is 0.249 e. The normalized spacial score (nSPS) is 15.7. The number of rotatable bonds is 8. The number of sulfonamides is 2. The Kier molecular flexibility index (Phi) is 12.1. The first-order valence-electron chi connectivity index (χ1n) is 17.8. The molecule has 0 saturated carbocycles. The predicted molar refractivity (Wildman–Crippen MR) is 214 cm³/mol. The summed E-state index contributed by atoms with van der Waals surface area (Å²) >= 11 is 2.98. The van der Waals surface area contributed by atoms with Crippen LogP contribution in [0.3, 0.4) is 0 Å². The van der Waals surface area contributed by atoms with Gasteiger partial charge < -0.3 is 9.80 Å². The summed E-state index contributed by atoms with van der Waals surface area (Å²) in [6, 6.07) is 23.9. The maximum atomic E-state index is 14.0. The highest BCUT2D eigenvalue weighted by atomic mass is 32.2. The van der Waals surface area contributed by atoms with Crippen molar-refractivity contribution < 1.29 is 34.4 Å². The third-order valence-corrected chi connectivity index (χ3v) is 15.2. The number of nitrogens with zero attached hydrogens (tertiary/aromatic N) is 6. The van der Waals surface area contributed by atoms with Gasteiger partial charge in [0.1, 0.15) is 23.3 Å². The van der Waals surface area contributed by atoms with E-state index in [0.717, 1.165) is 83.3 Å². The van der Waals surface area contributed by atoms with Crippen molar-refractivity contribution in [3.8, 4) is 22.5 Å². The molecule has 298 valence electrons. The van der Waals surface area contributed by atoms with Crippen molar-refractivity contribution in [2.45, 2.75) is 16.7 Å². The molecule has 4 aromatic carbocycles. The second-order valence-electron chi connectivity index (χ2n) is 13.1. The zero-order valence-corrected chi connectivity index (χ0v) is 33.7. The highest BCUT2D eigenvalue weighted by Crippen LogP contribution is 2.32. The molecule has 0 unspecified atom stereocenters. The Bertz CT molecular complexity index is 2540. The van der Waals surface area contributed by atoms with Crippen LogP contribution < -0.4 is 9.80 Å². The van der Waals surface area contributed by atoms with Crippen LogP contribution in [0, 0.1) is 30.2 Å². The lowest BCUT2D eigenvalue weighted by atomic mass is 10.1. The Morgan fingerprint density at radius 2 is 0.912 bits per heavy atom. The summed E-state index contributed by atoms with van der Waals surface area (Å²) in [6.07, 6.45) is 0. The average Bonchev–Trinajstić information content (AvgIpc) is 3.90. The van der Waals surface area contributed by atoms with E-state index in [-0.39, 0.29) is 26.2 Å². The van der Waals surface area contributed by atoms with Crippen LogP contribution >= 0.6 is 22.7 Å². The molecule has 2 aromatic heterocycles. The van der Waals surface area contributed by atoms with Crippen LogP contribution in [-0.2, 0) is 20.0 Å². The quantitative estimate of drug-likeness (QED) is 0.145. The number of anilines is 2. The van der Waals surface area contributed by atoms with Crippen LogP contribution in [0.2, 0.25) is 0 Å². The summed E-state index contributed by atoms with van der Waals surface area (Å²) < 4.78 is 109. The standard InChI is InChI=1S/C20H19F2N3O2S2.C19H17F2N3O2S2/c1-14-5-2-3-6-15(14)18-13-28-20(23-18)24-9-11-25(12-10-24)29(26,27)19-16(21)7-4-8-17(19)22;20-15-7-4-8-16(21)18(15)28(25,26)24-11-9-23(10-12-24)19-22-17(13-27-19)14-5-2-1-3-6-14/h2-8,13H,9-12H2,1H3;1-8,13H,9-12H2. The molecule has 2 aliphatic heterocycles. The first kappa shape index (κ1) is 40.5. The molecule has 2 saturated heterocycles. The molecule has 10 nitrogen and oxygen atoms in total. The predicted octanol–water partition coefficient (Wildman–Crippen LogP) is 7.51. The average molecular weight is 857 g/mol. The van der Waals surface area contributed by atoms with Crippen LogP contribution in [0.1, 0.15) is 5.56 Å². The molecule has 57 heavy (non-hydrogen) atoms. The lowest BCUT2D eigenvalue weighted by Crippen LogP contribution is -2.49. The molecule has 18 heteroatoms. The monoisotopic (exact) mass is 856 g/mol. The van der Waals surface area contributed by atoms with Gasteiger partial charge in [-0.05, 0) is 36.8 Å². The first-order chi connectivity index (χ1) is 27.3. The van der Waals surface area contributed by atoms with E-state index >= 15 is 0 Å². The van der Waals surface area contributed by atoms with Crippen molar-refractivity contribution in [1.29, 1.82) is 0 Å². The maximum Gasteiger partial charge on any atom is 0.249 e. The second-order valence-corrected chi connectivity index (χ2v) is 18.5. The van der Waals surface area contributed by atoms with Crippen molar-refractivity contribution in [3.63, 3.8) is 0 Å². The molecular weight excluding hydrogens is 821 g/mol. The molecule has 0 amide bonds. The summed E-state index contributed by atoms with van der Waals surface area (Å²) in [6.45, 7) is 4.16. The van der Waals surface area contributed by atoms with Gasteiger partial charge in [-0.25, -0.2) is 44.4 Å². The van der Waals surface area contributed by atoms with E-state index in [1.807, 2.05) is 82.1 Å². The molecule has 0 atom stereocenters. The van der Waals surface area contributed by atoms with Gasteiger partial charge in [-0.3, -0.25) is 0 Å². The maximum absolute atomic E-state index is 14.0. The van der Waals surface area contributed by atoms with Crippen molar-refractivity contribution in [3.05, 3.63) is 131 Å². The van der Waals surface area contributed by atoms with Gasteiger partial charge in [-0.1, -0.05) is 66.7 Å². The fourth-order valence-corrected chi connectivity index (χ4v) is 11.3. The Hall–Kier alpha value is -4.72. The highest BCUT2D eigenvalue weighted by Gasteiger charge is 2.35. The van der Waals surface area contributed by atoms with E-state index in [0.29, 0.717) is 26.2 Å². The number of thiazole rings is 2. The van der Waals surface area contributed by atoms with Crippen molar-refractivity contribution in [2.75, 3.05) is 62.2 Å². The minimum atomic E-state index is -4.23. The molecule has 2 aliphatic rings. The number of hydrogen-bond donors (Lipinski definition) is 0. The summed E-state index contributed by atoms with van der Waals surface area (Å²) in [4.78, 5) is 11.5. The van der Waals surface area contributed by atoms with Gasteiger partial charge in [0.25, 0.3) is 0 Å². The SMILES string of the molecule is Cc1ccccc1-c1csc(N2CCN(S(=O)(=O)c3c(F)cccc3F)CC2)n1.O=S(=O)(c1c(F)cccc1F)N1CCN(c2nc(-c3ccccc3)cs2)CC1. The first-order valence-corrected chi connectivity index (χ1v) is 22.4. The summed E-state index contributed by atoms with van der Waals surface area (Å²) in [7, 11) is -8.46. The van der Waals surface area contributed by atoms with Gasteiger partial charge in [0.15, 0.2) is 20.1 Å². The fraction of sp³-hybridized carbons (Fsp3) is 0.231. The molecular formula is C39H36F4N6O4S4. The number of aromatic nitrogens is 2. The van der Waals surface area contributed by atoms with Gasteiger partial charge in [0.2, 0.25) is 20.0 Å². The Morgan fingerprint density at radius 3 is 1.37 bits per heavy atom. The number of benzene rings is 4. The topological polar surface area (TPSA) is 107 Å². The van der Waals surface area contributed by atoms with Crippen molar-refractivity contribution in [1.82, 2.24) is 18.6 Å². The number of piperazine rings is 2. The van der Waals surface area contributed by atoms with Crippen LogP contribution in [0.25, 0.3) is 22.5 Å². The van der Waals surface area contributed by atoms with Crippen LogP contribution in [0.4, 0.5) is 27.8 Å². The van der Waals surface area contributed by atoms with E-state index in [1.54, 1.807) is 0 Å². The van der Waals surface area contributed by atoms with Crippen molar-refractivity contribution >= 4 is 53.0 Å². The Balaban J connectivity index is 0.000000174. The molecule has 0 spiro atoms. The fourth-order valence-electron chi connectivity index (χ4n) is 6.50. The van der Waals surface area contributed by atoms with Gasteiger partial charge in [0, 0.05) is 74.2 Å². The van der Waals surface area contributed by atoms with Crippen LogP contribution in [-0.4, -0.2) is 87.8 Å². The summed E-state index contributed by atoms with van der Waals surface area (Å²) in [5.74, 6) is -4.30. The van der Waals surface area contributed by atoms with Gasteiger partial charge in [-0.15, -0.1) is 22.7 Å². The van der Waals surface area contributed by atoms with Crippen molar-refractivity contribution in [2.24, 2.45) is 0 Å². The van der Waals surface area contributed by atoms with Crippen LogP contribution in [0.15, 0.2) is 112 Å². The summed E-state index contributed by atoms with van der Waals surface area (Å²) in [5, 5.41) is 5.54. The number of aryl methyl sites for hydroxylation is 1. The van der Waals surface area contributed by atoms with Gasteiger partial charge >= 0.3 is 0 Å². The highest BCUT2D eigenvalue weighted by molar-refractivity contribution is 7.89. The van der Waals surface area contributed by atoms with E-state index in [9.17, 15) is 34.4 Å². The molecule has 0 bridgehead atoms. The molecule has 0 radical (unpaired) electrons. The molecule has 0 aliphatic carbocycles. The van der Waals surface area contributed by atoms with E-state index in [2.05, 4.69) is 4.98 Å². The number of halogens is 4. The van der Waals surface area contributed by atoms with E-state index in [4.69, 9.17) is 4.98 Å². The molecule has 8 rings (SSSR count). The van der Waals surface area contributed by atoms with E-state index in [1.165, 1.54) is 22.7 Å². The van der Waals surface area contributed by atoms with E-state index < -0.39 is 53.1 Å². The minimum Gasteiger partial charge on any atom is -0.345 e. The minimum absolute atomic E-state index is 0.134. The lowest BCUT2D eigenvalue weighted by Gasteiger charge is -2.33. The largest absolute Gasteiger partial charge is 0.345 e. The van der Waals surface area contributed by atoms with Crippen LogP contribution in [0.5, 0.6) is 0 Å². The van der Waals surface area contributed by atoms with Gasteiger partial charge in [-0.2, -0.15) is 8.61 Å².